The van der Waals surface area contributed by atoms with Gasteiger partial charge in [-0.3, -0.25) is 4.79 Å². The molecular formula is C8H7O2. The summed E-state index contributed by atoms with van der Waals surface area (Å²) in [5, 5.41) is 8.35. The summed E-state index contributed by atoms with van der Waals surface area (Å²) in [5.41, 5.74) is 0.718. The second-order valence-corrected chi connectivity index (χ2v) is 1.96. The summed E-state index contributed by atoms with van der Waals surface area (Å²) < 4.78 is 0. The molecule has 0 aromatic heterocycles. The van der Waals surface area contributed by atoms with Crippen LogP contribution in [0.25, 0.3) is 0 Å². The summed E-state index contributed by atoms with van der Waals surface area (Å²) in [6, 6.07) is 9.88. The fourth-order valence-electron chi connectivity index (χ4n) is 0.703. The molecule has 1 aromatic rings. The van der Waals surface area contributed by atoms with Gasteiger partial charge in [0.1, 0.15) is 0 Å². The Morgan fingerprint density at radius 2 is 2.40 bits per heavy atom. The van der Waals surface area contributed by atoms with Crippen molar-refractivity contribution in [1.29, 1.82) is 0 Å². The van der Waals surface area contributed by atoms with Gasteiger partial charge >= 0.3 is 5.97 Å². The van der Waals surface area contributed by atoms with Crippen LogP contribution in [-0.4, -0.2) is 11.1 Å². The van der Waals surface area contributed by atoms with Crippen molar-refractivity contribution in [2.24, 2.45) is 0 Å². The molecule has 10 heavy (non-hydrogen) atoms. The molecule has 1 radical (unpaired) electrons. The van der Waals surface area contributed by atoms with Crippen molar-refractivity contribution in [1.82, 2.24) is 0 Å². The molecule has 0 saturated carbocycles. The number of rotatable bonds is 2. The van der Waals surface area contributed by atoms with Crippen molar-refractivity contribution >= 4 is 5.97 Å². The highest BCUT2D eigenvalue weighted by Gasteiger charge is 1.96. The van der Waals surface area contributed by atoms with Gasteiger partial charge < -0.3 is 5.11 Å². The Morgan fingerprint density at radius 1 is 1.60 bits per heavy atom. The van der Waals surface area contributed by atoms with E-state index in [0.29, 0.717) is 0 Å². The van der Waals surface area contributed by atoms with Crippen molar-refractivity contribution in [3.8, 4) is 0 Å². The first-order valence-electron chi connectivity index (χ1n) is 2.96. The van der Waals surface area contributed by atoms with Crippen LogP contribution in [0.1, 0.15) is 5.56 Å². The van der Waals surface area contributed by atoms with Crippen LogP contribution < -0.4 is 0 Å². The number of hydrogen-bond donors (Lipinski definition) is 1. The summed E-state index contributed by atoms with van der Waals surface area (Å²) in [6.45, 7) is 0. The lowest BCUT2D eigenvalue weighted by molar-refractivity contribution is -0.136. The molecule has 2 heteroatoms. The molecule has 0 atom stereocenters. The maximum Gasteiger partial charge on any atom is 0.307 e. The molecule has 0 unspecified atom stereocenters. The molecule has 0 aliphatic rings. The van der Waals surface area contributed by atoms with Gasteiger partial charge in [0, 0.05) is 0 Å². The average molecular weight is 135 g/mol. The van der Waals surface area contributed by atoms with Crippen LogP contribution >= 0.6 is 0 Å². The van der Waals surface area contributed by atoms with Crippen LogP contribution in [0.5, 0.6) is 0 Å². The van der Waals surface area contributed by atoms with E-state index in [1.165, 1.54) is 0 Å². The van der Waals surface area contributed by atoms with E-state index in [1.54, 1.807) is 18.2 Å². The molecule has 1 N–H and O–H groups in total. The lowest BCUT2D eigenvalue weighted by Gasteiger charge is -1.91. The van der Waals surface area contributed by atoms with Gasteiger partial charge in [-0.1, -0.05) is 24.3 Å². The number of hydrogen-bond acceptors (Lipinski definition) is 1. The van der Waals surface area contributed by atoms with Crippen molar-refractivity contribution in [3.63, 3.8) is 0 Å². The fourth-order valence-corrected chi connectivity index (χ4v) is 0.703. The highest BCUT2D eigenvalue weighted by molar-refractivity contribution is 5.69. The summed E-state index contributed by atoms with van der Waals surface area (Å²) in [6.07, 6.45) is 0.0564. The summed E-state index contributed by atoms with van der Waals surface area (Å²) >= 11 is 0. The van der Waals surface area contributed by atoms with E-state index >= 15 is 0 Å². The van der Waals surface area contributed by atoms with Crippen molar-refractivity contribution in [3.05, 3.63) is 35.9 Å². The Morgan fingerprint density at radius 3 is 2.90 bits per heavy atom. The molecule has 0 aliphatic carbocycles. The van der Waals surface area contributed by atoms with Gasteiger partial charge in [-0.15, -0.1) is 0 Å². The third-order valence-electron chi connectivity index (χ3n) is 1.12. The maximum atomic E-state index is 10.1. The number of aliphatic carboxylic acids is 1. The molecule has 0 fully saturated rings. The summed E-state index contributed by atoms with van der Waals surface area (Å²) in [4.78, 5) is 10.1. The minimum atomic E-state index is -0.817. The van der Waals surface area contributed by atoms with E-state index in [9.17, 15) is 4.79 Å². The van der Waals surface area contributed by atoms with E-state index in [-0.39, 0.29) is 6.42 Å². The predicted octanol–water partition coefficient (Wildman–Crippen LogP) is 1.11. The van der Waals surface area contributed by atoms with Crippen LogP contribution in [0.15, 0.2) is 24.3 Å². The van der Waals surface area contributed by atoms with Crippen LogP contribution in [0.3, 0.4) is 0 Å². The molecule has 0 saturated heterocycles. The highest BCUT2D eigenvalue weighted by atomic mass is 16.4. The van der Waals surface area contributed by atoms with Crippen LogP contribution in [-0.2, 0) is 11.2 Å². The maximum absolute atomic E-state index is 10.1. The van der Waals surface area contributed by atoms with Gasteiger partial charge in [-0.05, 0) is 11.6 Å². The van der Waals surface area contributed by atoms with Crippen LogP contribution in [0.2, 0.25) is 0 Å². The zero-order chi connectivity index (χ0) is 7.40. The standard InChI is InChI=1S/C8H7O2/c9-8(10)6-7-4-2-1-3-5-7/h1-4H,6H2,(H,9,10). The normalized spacial score (nSPS) is 9.20. The molecule has 0 amide bonds. The zero-order valence-corrected chi connectivity index (χ0v) is 5.37. The number of benzene rings is 1. The third kappa shape index (κ3) is 1.90. The fraction of sp³-hybridized carbons (Fsp3) is 0.125. The van der Waals surface area contributed by atoms with Crippen LogP contribution in [0.4, 0.5) is 0 Å². The lowest BCUT2D eigenvalue weighted by Crippen LogP contribution is -1.99. The van der Waals surface area contributed by atoms with Gasteiger partial charge in [0.15, 0.2) is 0 Å². The SMILES string of the molecule is O=C(O)Cc1[c]cccc1. The monoisotopic (exact) mass is 135 g/mol. The van der Waals surface area contributed by atoms with E-state index in [0.717, 1.165) is 5.56 Å². The second-order valence-electron chi connectivity index (χ2n) is 1.96. The average Bonchev–Trinajstić information content (AvgIpc) is 1.88. The van der Waals surface area contributed by atoms with E-state index in [4.69, 9.17) is 5.11 Å². The zero-order valence-electron chi connectivity index (χ0n) is 5.37. The molecule has 1 rings (SSSR count). The predicted molar refractivity (Wildman–Crippen MR) is 36.6 cm³/mol. The van der Waals surface area contributed by atoms with E-state index < -0.39 is 5.97 Å². The number of carbonyl (C=O) groups is 1. The van der Waals surface area contributed by atoms with Gasteiger partial charge in [0.05, 0.1) is 6.42 Å². The summed E-state index contributed by atoms with van der Waals surface area (Å²) in [7, 11) is 0. The van der Waals surface area contributed by atoms with Gasteiger partial charge in [-0.25, -0.2) is 0 Å². The molecule has 0 heterocycles. The Bertz CT molecular complexity index is 216. The Hall–Kier alpha value is -1.31. The second kappa shape index (κ2) is 3.01. The lowest BCUT2D eigenvalue weighted by atomic mass is 10.2. The molecule has 1 aromatic carbocycles. The molecule has 2 nitrogen and oxygen atoms in total. The third-order valence-corrected chi connectivity index (χ3v) is 1.12. The first-order valence-corrected chi connectivity index (χ1v) is 2.96. The molecule has 51 valence electrons. The smallest absolute Gasteiger partial charge is 0.307 e. The Balaban J connectivity index is 2.67. The van der Waals surface area contributed by atoms with E-state index in [1.807, 2.05) is 6.07 Å². The van der Waals surface area contributed by atoms with Crippen molar-refractivity contribution in [2.75, 3.05) is 0 Å². The van der Waals surface area contributed by atoms with Gasteiger partial charge in [0.2, 0.25) is 0 Å². The largest absolute Gasteiger partial charge is 0.481 e. The minimum Gasteiger partial charge on any atom is -0.481 e. The van der Waals surface area contributed by atoms with Crippen LogP contribution in [0, 0.1) is 6.07 Å². The first kappa shape index (κ1) is 6.81. The molecule has 0 spiro atoms. The first-order chi connectivity index (χ1) is 4.79. The van der Waals surface area contributed by atoms with Gasteiger partial charge in [-0.2, -0.15) is 0 Å². The number of carboxylic acid groups (broad SMARTS) is 1. The highest BCUT2D eigenvalue weighted by Crippen LogP contribution is 1.97. The molecular weight excluding hydrogens is 128 g/mol. The molecule has 0 bridgehead atoms. The quantitative estimate of drug-likeness (QED) is 0.659. The van der Waals surface area contributed by atoms with Crippen molar-refractivity contribution < 1.29 is 9.90 Å². The van der Waals surface area contributed by atoms with Gasteiger partial charge in [0.25, 0.3) is 0 Å². The molecule has 0 aliphatic heterocycles. The summed E-state index contributed by atoms with van der Waals surface area (Å²) in [5.74, 6) is -0.817. The minimum absolute atomic E-state index is 0.0564. The number of carboxylic acids is 1. The topological polar surface area (TPSA) is 37.3 Å². The van der Waals surface area contributed by atoms with Crippen molar-refractivity contribution in [2.45, 2.75) is 6.42 Å². The Labute approximate surface area is 59.1 Å². The Kier molecular flexibility index (Phi) is 2.05. The van der Waals surface area contributed by atoms with E-state index in [2.05, 4.69) is 6.07 Å².